The zero-order valence-electron chi connectivity index (χ0n) is 8.55. The van der Waals surface area contributed by atoms with Gasteiger partial charge in [0.2, 0.25) is 5.91 Å². The highest BCUT2D eigenvalue weighted by atomic mass is 16.4. The quantitative estimate of drug-likeness (QED) is 0.596. The smallest absolute Gasteiger partial charge is 0.426 e. The van der Waals surface area contributed by atoms with Gasteiger partial charge in [-0.3, -0.25) is 4.79 Å². The fourth-order valence-electron chi connectivity index (χ4n) is 1.36. The third-order valence-electron chi connectivity index (χ3n) is 2.05. The summed E-state index contributed by atoms with van der Waals surface area (Å²) in [5.74, 6) is -0.936. The van der Waals surface area contributed by atoms with Crippen molar-refractivity contribution < 1.29 is 14.8 Å². The van der Waals surface area contributed by atoms with Crippen molar-refractivity contribution in [2.75, 3.05) is 0 Å². The second-order valence-electron chi connectivity index (χ2n) is 3.41. The van der Waals surface area contributed by atoms with Gasteiger partial charge in [-0.15, -0.1) is 0 Å². The summed E-state index contributed by atoms with van der Waals surface area (Å²) < 4.78 is 0. The molecule has 0 saturated carbocycles. The van der Waals surface area contributed by atoms with E-state index >= 15 is 0 Å². The molecule has 1 aromatic carbocycles. The van der Waals surface area contributed by atoms with E-state index in [1.807, 2.05) is 30.3 Å². The lowest BCUT2D eigenvalue weighted by molar-refractivity contribution is -0.119. The second kappa shape index (κ2) is 5.53. The molecule has 5 heteroatoms. The van der Waals surface area contributed by atoms with Crippen LogP contribution in [0.3, 0.4) is 0 Å². The third-order valence-corrected chi connectivity index (χ3v) is 2.05. The molecule has 0 aromatic heterocycles. The molecule has 3 N–H and O–H groups in total. The van der Waals surface area contributed by atoms with Gasteiger partial charge in [0, 0.05) is 6.92 Å². The van der Waals surface area contributed by atoms with Crippen LogP contribution >= 0.6 is 0 Å². The Kier molecular flexibility index (Phi) is 4.33. The minimum atomic E-state index is -1.55. The van der Waals surface area contributed by atoms with Crippen LogP contribution in [0.15, 0.2) is 30.3 Å². The van der Waals surface area contributed by atoms with Crippen molar-refractivity contribution in [1.29, 1.82) is 0 Å². The highest BCUT2D eigenvalue weighted by molar-refractivity contribution is 6.43. The number of carbonyl (C=O) groups excluding carboxylic acids is 1. The van der Waals surface area contributed by atoms with Crippen LogP contribution in [0.2, 0.25) is 0 Å². The first-order valence-corrected chi connectivity index (χ1v) is 4.77. The predicted molar refractivity (Wildman–Crippen MR) is 57.9 cm³/mol. The number of rotatable bonds is 4. The van der Waals surface area contributed by atoms with E-state index in [-0.39, 0.29) is 5.91 Å². The largest absolute Gasteiger partial charge is 0.475 e. The van der Waals surface area contributed by atoms with Crippen LogP contribution in [-0.4, -0.2) is 29.0 Å². The molecule has 0 saturated heterocycles. The van der Waals surface area contributed by atoms with E-state index in [2.05, 4.69) is 5.32 Å². The Labute approximate surface area is 89.1 Å². The first kappa shape index (κ1) is 11.7. The van der Waals surface area contributed by atoms with Crippen molar-refractivity contribution in [3.63, 3.8) is 0 Å². The monoisotopic (exact) mass is 207 g/mol. The molecule has 15 heavy (non-hydrogen) atoms. The summed E-state index contributed by atoms with van der Waals surface area (Å²) in [7, 11) is -1.55. The van der Waals surface area contributed by atoms with Crippen molar-refractivity contribution in [2.45, 2.75) is 19.3 Å². The molecule has 0 fully saturated rings. The lowest BCUT2D eigenvalue weighted by atomic mass is 9.76. The maximum Gasteiger partial charge on any atom is 0.475 e. The van der Waals surface area contributed by atoms with Gasteiger partial charge >= 0.3 is 7.12 Å². The van der Waals surface area contributed by atoms with E-state index < -0.39 is 13.1 Å². The van der Waals surface area contributed by atoms with Gasteiger partial charge in [0.25, 0.3) is 0 Å². The molecule has 1 rings (SSSR count). The van der Waals surface area contributed by atoms with Crippen LogP contribution in [0.4, 0.5) is 0 Å². The molecule has 0 aliphatic rings. The molecule has 0 aliphatic heterocycles. The Morgan fingerprint density at radius 3 is 2.47 bits per heavy atom. The molecule has 0 radical (unpaired) electrons. The number of hydrogen-bond acceptors (Lipinski definition) is 3. The van der Waals surface area contributed by atoms with Crippen molar-refractivity contribution in [1.82, 2.24) is 5.32 Å². The molecule has 0 spiro atoms. The number of hydrogen-bond donors (Lipinski definition) is 3. The van der Waals surface area contributed by atoms with Crippen LogP contribution in [-0.2, 0) is 11.2 Å². The van der Waals surface area contributed by atoms with Gasteiger partial charge in [-0.2, -0.15) is 0 Å². The fourth-order valence-corrected chi connectivity index (χ4v) is 1.36. The summed E-state index contributed by atoms with van der Waals surface area (Å²) >= 11 is 0. The van der Waals surface area contributed by atoms with Crippen LogP contribution in [0, 0.1) is 0 Å². The van der Waals surface area contributed by atoms with Crippen LogP contribution in [0.25, 0.3) is 0 Å². The molecular weight excluding hydrogens is 193 g/mol. The van der Waals surface area contributed by atoms with E-state index in [1.54, 1.807) is 0 Å². The first-order chi connectivity index (χ1) is 7.09. The van der Waals surface area contributed by atoms with Crippen molar-refractivity contribution >= 4 is 13.0 Å². The van der Waals surface area contributed by atoms with Gasteiger partial charge in [0.1, 0.15) is 0 Å². The molecule has 0 aliphatic carbocycles. The maximum absolute atomic E-state index is 10.8. The maximum atomic E-state index is 10.8. The summed E-state index contributed by atoms with van der Waals surface area (Å²) in [6, 6.07) is 9.36. The van der Waals surface area contributed by atoms with Crippen molar-refractivity contribution in [3.05, 3.63) is 35.9 Å². The van der Waals surface area contributed by atoms with E-state index in [0.29, 0.717) is 6.42 Å². The average molecular weight is 207 g/mol. The Bertz CT molecular complexity index is 316. The molecule has 1 amide bonds. The predicted octanol–water partition coefficient (Wildman–Crippen LogP) is -0.254. The van der Waals surface area contributed by atoms with E-state index in [4.69, 9.17) is 10.0 Å². The lowest BCUT2D eigenvalue weighted by Crippen LogP contribution is -2.47. The minimum absolute atomic E-state index is 0.274. The van der Waals surface area contributed by atoms with Crippen LogP contribution in [0.1, 0.15) is 12.5 Å². The summed E-state index contributed by atoms with van der Waals surface area (Å²) in [5.41, 5.74) is 0.948. The number of amides is 1. The molecular formula is C10H14BNO3. The lowest BCUT2D eigenvalue weighted by Gasteiger charge is -2.16. The van der Waals surface area contributed by atoms with Crippen molar-refractivity contribution in [3.8, 4) is 0 Å². The highest BCUT2D eigenvalue weighted by Crippen LogP contribution is 2.03. The Balaban J connectivity index is 2.63. The van der Waals surface area contributed by atoms with Crippen LogP contribution in [0.5, 0.6) is 0 Å². The normalized spacial score (nSPS) is 11.9. The summed E-state index contributed by atoms with van der Waals surface area (Å²) in [5, 5.41) is 20.6. The number of nitrogens with one attached hydrogen (secondary N) is 1. The fraction of sp³-hybridized carbons (Fsp3) is 0.300. The van der Waals surface area contributed by atoms with E-state index in [0.717, 1.165) is 5.56 Å². The van der Waals surface area contributed by atoms with Crippen LogP contribution < -0.4 is 5.32 Å². The zero-order chi connectivity index (χ0) is 11.3. The number of carbonyl (C=O) groups is 1. The molecule has 4 nitrogen and oxygen atoms in total. The molecule has 1 atom stereocenters. The van der Waals surface area contributed by atoms with Gasteiger partial charge in [-0.25, -0.2) is 0 Å². The standard InChI is InChI=1S/C10H14BNO3/c1-8(13)12-10(11(14)15)7-9-5-3-2-4-6-9/h2-6,10,14-15H,7H2,1H3,(H,12,13)/t10-/m1/s1. The first-order valence-electron chi connectivity index (χ1n) is 4.77. The molecule has 0 unspecified atom stereocenters. The number of benzene rings is 1. The van der Waals surface area contributed by atoms with Crippen molar-refractivity contribution in [2.24, 2.45) is 0 Å². The second-order valence-corrected chi connectivity index (χ2v) is 3.41. The Morgan fingerprint density at radius 2 is 2.00 bits per heavy atom. The third kappa shape index (κ3) is 4.14. The van der Waals surface area contributed by atoms with E-state index in [1.165, 1.54) is 6.92 Å². The summed E-state index contributed by atoms with van der Waals surface area (Å²) in [6.07, 6.45) is 0.401. The summed E-state index contributed by atoms with van der Waals surface area (Å²) in [6.45, 7) is 1.35. The minimum Gasteiger partial charge on any atom is -0.426 e. The van der Waals surface area contributed by atoms with Gasteiger partial charge in [-0.05, 0) is 12.0 Å². The SMILES string of the molecule is CC(=O)N[C@H](Cc1ccccc1)B(O)O. The molecule has 0 bridgehead atoms. The molecule has 0 heterocycles. The van der Waals surface area contributed by atoms with Gasteiger partial charge < -0.3 is 15.4 Å². The topological polar surface area (TPSA) is 69.6 Å². The highest BCUT2D eigenvalue weighted by Gasteiger charge is 2.24. The van der Waals surface area contributed by atoms with Gasteiger partial charge in [-0.1, -0.05) is 30.3 Å². The van der Waals surface area contributed by atoms with E-state index in [9.17, 15) is 4.79 Å². The Hall–Kier alpha value is -1.33. The molecule has 80 valence electrons. The van der Waals surface area contributed by atoms with Gasteiger partial charge in [0.05, 0.1) is 5.94 Å². The molecule has 1 aromatic rings. The summed E-state index contributed by atoms with van der Waals surface area (Å²) in [4.78, 5) is 10.8. The van der Waals surface area contributed by atoms with Gasteiger partial charge in [0.15, 0.2) is 0 Å². The average Bonchev–Trinajstić information content (AvgIpc) is 2.17. The Morgan fingerprint density at radius 1 is 1.40 bits per heavy atom. The zero-order valence-corrected chi connectivity index (χ0v) is 8.55.